The smallest absolute Gasteiger partial charge is 0.230 e. The lowest BCUT2D eigenvalue weighted by atomic mass is 10.2. The molecule has 1 aromatic carbocycles. The Morgan fingerprint density at radius 2 is 2.30 bits per heavy atom. The molecule has 20 heavy (non-hydrogen) atoms. The quantitative estimate of drug-likeness (QED) is 0.852. The first-order valence-corrected chi connectivity index (χ1v) is 7.54. The highest BCUT2D eigenvalue weighted by molar-refractivity contribution is 7.99. The number of aromatic nitrogens is 4. The van der Waals surface area contributed by atoms with E-state index in [2.05, 4.69) is 25.9 Å². The van der Waals surface area contributed by atoms with Crippen LogP contribution in [0, 0.1) is 0 Å². The zero-order chi connectivity index (χ0) is 14.4. The van der Waals surface area contributed by atoms with Crippen molar-refractivity contribution in [1.82, 2.24) is 25.9 Å². The minimum absolute atomic E-state index is 0.0700. The third-order valence-electron chi connectivity index (χ3n) is 2.58. The monoisotopic (exact) mass is 311 g/mol. The van der Waals surface area contributed by atoms with Crippen LogP contribution in [0.4, 0.5) is 0 Å². The lowest BCUT2D eigenvalue weighted by Crippen LogP contribution is -2.28. The fourth-order valence-electron chi connectivity index (χ4n) is 1.57. The summed E-state index contributed by atoms with van der Waals surface area (Å²) in [5, 5.41) is 17.0. The van der Waals surface area contributed by atoms with Crippen molar-refractivity contribution in [2.24, 2.45) is 0 Å². The number of benzene rings is 1. The number of nitrogens with zero attached hydrogens (tertiary/aromatic N) is 3. The Kier molecular flexibility index (Phi) is 5.37. The van der Waals surface area contributed by atoms with E-state index in [0.29, 0.717) is 17.3 Å². The summed E-state index contributed by atoms with van der Waals surface area (Å²) in [6.45, 7) is 1.81. The van der Waals surface area contributed by atoms with Crippen molar-refractivity contribution >= 4 is 29.3 Å². The number of nitrogens with one attached hydrogen (secondary N) is 2. The van der Waals surface area contributed by atoms with Gasteiger partial charge < -0.3 is 5.32 Å². The Morgan fingerprint density at radius 1 is 1.50 bits per heavy atom. The van der Waals surface area contributed by atoms with Crippen molar-refractivity contribution in [2.45, 2.75) is 18.7 Å². The van der Waals surface area contributed by atoms with Crippen molar-refractivity contribution in [3.05, 3.63) is 40.7 Å². The van der Waals surface area contributed by atoms with Gasteiger partial charge >= 0.3 is 0 Å². The summed E-state index contributed by atoms with van der Waals surface area (Å²) in [6, 6.07) is 7.35. The SMILES string of the molecule is C[C@@H](NC(=O)CSCc1ccccc1Cl)c1nn[nH]n1. The Labute approximate surface area is 125 Å². The molecule has 0 fully saturated rings. The van der Waals surface area contributed by atoms with Crippen LogP contribution >= 0.6 is 23.4 Å². The lowest BCUT2D eigenvalue weighted by Gasteiger charge is -2.09. The molecular formula is C12H14ClN5OS. The largest absolute Gasteiger partial charge is 0.345 e. The first-order chi connectivity index (χ1) is 9.66. The zero-order valence-electron chi connectivity index (χ0n) is 10.8. The first-order valence-electron chi connectivity index (χ1n) is 6.00. The normalized spacial score (nSPS) is 12.1. The van der Waals surface area contributed by atoms with E-state index in [9.17, 15) is 4.79 Å². The molecular weight excluding hydrogens is 298 g/mol. The van der Waals surface area contributed by atoms with Crippen molar-refractivity contribution in [3.63, 3.8) is 0 Å². The summed E-state index contributed by atoms with van der Waals surface area (Å²) in [5.74, 6) is 1.45. The number of carbonyl (C=O) groups excluding carboxylic acids is 1. The minimum Gasteiger partial charge on any atom is -0.345 e. The van der Waals surface area contributed by atoms with Crippen molar-refractivity contribution in [2.75, 3.05) is 5.75 Å². The maximum Gasteiger partial charge on any atom is 0.230 e. The summed E-state index contributed by atoms with van der Waals surface area (Å²) in [6.07, 6.45) is 0. The summed E-state index contributed by atoms with van der Waals surface area (Å²) in [7, 11) is 0. The molecule has 1 atom stereocenters. The van der Waals surface area contributed by atoms with Crippen LogP contribution < -0.4 is 5.32 Å². The van der Waals surface area contributed by atoms with Gasteiger partial charge in [0.25, 0.3) is 0 Å². The van der Waals surface area contributed by atoms with Crippen LogP contribution in [0.2, 0.25) is 5.02 Å². The van der Waals surface area contributed by atoms with Crippen molar-refractivity contribution < 1.29 is 4.79 Å². The molecule has 0 aliphatic carbocycles. The molecule has 6 nitrogen and oxygen atoms in total. The van der Waals surface area contributed by atoms with Gasteiger partial charge in [-0.05, 0) is 18.6 Å². The molecule has 2 aromatic rings. The highest BCUT2D eigenvalue weighted by Crippen LogP contribution is 2.20. The van der Waals surface area contributed by atoms with Crippen molar-refractivity contribution in [1.29, 1.82) is 0 Å². The fraction of sp³-hybridized carbons (Fsp3) is 0.333. The van der Waals surface area contributed by atoms with Crippen LogP contribution in [0.5, 0.6) is 0 Å². The van der Waals surface area contributed by atoms with Gasteiger partial charge in [0.15, 0.2) is 5.82 Å². The molecule has 106 valence electrons. The van der Waals surface area contributed by atoms with Gasteiger partial charge in [-0.2, -0.15) is 5.21 Å². The van der Waals surface area contributed by atoms with E-state index in [1.807, 2.05) is 31.2 Å². The second-order valence-electron chi connectivity index (χ2n) is 4.14. The third-order valence-corrected chi connectivity index (χ3v) is 3.93. The Hall–Kier alpha value is -1.60. The van der Waals surface area contributed by atoms with E-state index < -0.39 is 0 Å². The number of amides is 1. The van der Waals surface area contributed by atoms with E-state index in [0.717, 1.165) is 10.6 Å². The van der Waals surface area contributed by atoms with Gasteiger partial charge in [-0.1, -0.05) is 35.0 Å². The van der Waals surface area contributed by atoms with E-state index >= 15 is 0 Å². The van der Waals surface area contributed by atoms with Gasteiger partial charge in [-0.15, -0.1) is 22.0 Å². The predicted octanol–water partition coefficient (Wildman–Crippen LogP) is 1.96. The van der Waals surface area contributed by atoms with Gasteiger partial charge in [0.2, 0.25) is 5.91 Å². The van der Waals surface area contributed by atoms with Gasteiger partial charge in [0, 0.05) is 10.8 Å². The maximum absolute atomic E-state index is 11.8. The van der Waals surface area contributed by atoms with Gasteiger partial charge in [0.1, 0.15) is 0 Å². The Bertz CT molecular complexity index is 563. The molecule has 8 heteroatoms. The molecule has 0 radical (unpaired) electrons. The van der Waals surface area contributed by atoms with Gasteiger partial charge in [-0.25, -0.2) is 0 Å². The molecule has 1 amide bonds. The fourth-order valence-corrected chi connectivity index (χ4v) is 2.69. The molecule has 0 aliphatic rings. The number of rotatable bonds is 6. The number of H-pyrrole nitrogens is 1. The number of hydrogen-bond acceptors (Lipinski definition) is 5. The van der Waals surface area contributed by atoms with E-state index in [1.165, 1.54) is 11.8 Å². The van der Waals surface area contributed by atoms with Crippen LogP contribution in [-0.2, 0) is 10.5 Å². The lowest BCUT2D eigenvalue weighted by molar-refractivity contribution is -0.119. The van der Waals surface area contributed by atoms with Crippen LogP contribution in [0.3, 0.4) is 0 Å². The first kappa shape index (κ1) is 14.8. The molecule has 1 aromatic heterocycles. The number of tetrazole rings is 1. The second-order valence-corrected chi connectivity index (χ2v) is 5.54. The highest BCUT2D eigenvalue weighted by Gasteiger charge is 2.13. The maximum atomic E-state index is 11.8. The molecule has 0 aliphatic heterocycles. The number of halogens is 1. The molecule has 0 saturated carbocycles. The van der Waals surface area contributed by atoms with Crippen LogP contribution in [-0.4, -0.2) is 32.3 Å². The molecule has 1 heterocycles. The predicted molar refractivity (Wildman–Crippen MR) is 78.3 cm³/mol. The second kappa shape index (κ2) is 7.25. The summed E-state index contributed by atoms with van der Waals surface area (Å²) in [4.78, 5) is 11.8. The number of aromatic amines is 1. The van der Waals surface area contributed by atoms with Crippen LogP contribution in [0.15, 0.2) is 24.3 Å². The molecule has 0 saturated heterocycles. The number of carbonyl (C=O) groups is 1. The molecule has 2 rings (SSSR count). The Morgan fingerprint density at radius 3 is 3.00 bits per heavy atom. The Balaban J connectivity index is 1.74. The van der Waals surface area contributed by atoms with Crippen LogP contribution in [0.25, 0.3) is 0 Å². The van der Waals surface area contributed by atoms with E-state index in [4.69, 9.17) is 11.6 Å². The molecule has 0 unspecified atom stereocenters. The van der Waals surface area contributed by atoms with Gasteiger partial charge in [0.05, 0.1) is 11.8 Å². The van der Waals surface area contributed by atoms with Gasteiger partial charge in [-0.3, -0.25) is 4.79 Å². The van der Waals surface area contributed by atoms with E-state index in [1.54, 1.807) is 0 Å². The zero-order valence-corrected chi connectivity index (χ0v) is 12.4. The number of hydrogen-bond donors (Lipinski definition) is 2. The average molecular weight is 312 g/mol. The average Bonchev–Trinajstić information content (AvgIpc) is 2.95. The highest BCUT2D eigenvalue weighted by atomic mass is 35.5. The molecule has 0 bridgehead atoms. The minimum atomic E-state index is -0.262. The number of thioether (sulfide) groups is 1. The topological polar surface area (TPSA) is 83.6 Å². The summed E-state index contributed by atoms with van der Waals surface area (Å²) >= 11 is 7.56. The molecule has 2 N–H and O–H groups in total. The standard InChI is InChI=1S/C12H14ClN5OS/c1-8(12-15-17-18-16-12)14-11(19)7-20-6-9-4-2-3-5-10(9)13/h2-5,8H,6-7H2,1H3,(H,14,19)(H,15,16,17,18)/t8-/m1/s1. The molecule has 0 spiro atoms. The van der Waals surface area contributed by atoms with E-state index in [-0.39, 0.29) is 11.9 Å². The van der Waals surface area contributed by atoms with Crippen LogP contribution in [0.1, 0.15) is 24.4 Å². The third kappa shape index (κ3) is 4.21. The van der Waals surface area contributed by atoms with Crippen molar-refractivity contribution in [3.8, 4) is 0 Å². The summed E-state index contributed by atoms with van der Waals surface area (Å²) in [5.41, 5.74) is 1.03. The summed E-state index contributed by atoms with van der Waals surface area (Å²) < 4.78 is 0.